The van der Waals surface area contributed by atoms with Gasteiger partial charge in [-0.25, -0.2) is 0 Å². The summed E-state index contributed by atoms with van der Waals surface area (Å²) >= 11 is 5.87. The molecule has 6 heteroatoms. The van der Waals surface area contributed by atoms with Crippen LogP contribution in [-0.2, 0) is 6.54 Å². The van der Waals surface area contributed by atoms with Crippen molar-refractivity contribution in [3.8, 4) is 5.69 Å². The van der Waals surface area contributed by atoms with Gasteiger partial charge >= 0.3 is 0 Å². The minimum atomic E-state index is -0.0436. The maximum Gasteiger partial charge on any atom is 0.170 e. The Kier molecular flexibility index (Phi) is 5.92. The summed E-state index contributed by atoms with van der Waals surface area (Å²) in [6, 6.07) is 19.0. The zero-order valence-corrected chi connectivity index (χ0v) is 20.8. The van der Waals surface area contributed by atoms with Gasteiger partial charge < -0.3 is 14.8 Å². The lowest BCUT2D eigenvalue weighted by molar-refractivity contribution is 0.310. The molecule has 0 amide bonds. The predicted octanol–water partition coefficient (Wildman–Crippen LogP) is 5.67. The average molecular weight is 468 g/mol. The number of nitrogens with zero attached hydrogens (tertiary/aromatic N) is 4. The predicted molar refractivity (Wildman–Crippen MR) is 140 cm³/mol. The maximum atomic E-state index is 5.87. The molecule has 4 aromatic rings. The lowest BCUT2D eigenvalue weighted by Crippen LogP contribution is -2.29. The van der Waals surface area contributed by atoms with Crippen molar-refractivity contribution in [2.24, 2.45) is 0 Å². The molecular weight excluding hydrogens is 438 g/mol. The van der Waals surface area contributed by atoms with Gasteiger partial charge in [0.25, 0.3) is 0 Å². The molecule has 1 aromatic carbocycles. The zero-order chi connectivity index (χ0) is 23.8. The van der Waals surface area contributed by atoms with Gasteiger partial charge in [0.15, 0.2) is 5.11 Å². The van der Waals surface area contributed by atoms with E-state index in [9.17, 15) is 0 Å². The van der Waals surface area contributed by atoms with Crippen LogP contribution in [0.2, 0.25) is 0 Å². The molecule has 2 atom stereocenters. The Morgan fingerprint density at radius 1 is 0.971 bits per heavy atom. The molecule has 4 heterocycles. The fourth-order valence-corrected chi connectivity index (χ4v) is 5.33. The van der Waals surface area contributed by atoms with Crippen molar-refractivity contribution in [1.29, 1.82) is 0 Å². The van der Waals surface area contributed by atoms with Gasteiger partial charge in [-0.2, -0.15) is 0 Å². The Bertz CT molecular complexity index is 1330. The quantitative estimate of drug-likeness (QED) is 0.383. The van der Waals surface area contributed by atoms with Crippen molar-refractivity contribution in [3.63, 3.8) is 0 Å². The van der Waals surface area contributed by atoms with E-state index < -0.39 is 0 Å². The highest BCUT2D eigenvalue weighted by atomic mass is 32.1. The number of aromatic nitrogens is 3. The van der Waals surface area contributed by atoms with Gasteiger partial charge in [0.1, 0.15) is 0 Å². The first-order valence-corrected chi connectivity index (χ1v) is 12.0. The third-order valence-corrected chi connectivity index (χ3v) is 7.02. The number of pyridine rings is 2. The van der Waals surface area contributed by atoms with E-state index in [4.69, 9.17) is 12.2 Å². The first-order valence-electron chi connectivity index (χ1n) is 11.6. The fourth-order valence-electron chi connectivity index (χ4n) is 5.02. The van der Waals surface area contributed by atoms with Crippen LogP contribution in [0.4, 0.5) is 0 Å². The van der Waals surface area contributed by atoms with Crippen LogP contribution in [0, 0.1) is 27.7 Å². The Labute approximate surface area is 206 Å². The molecular formula is C28H29N5S. The summed E-state index contributed by atoms with van der Waals surface area (Å²) in [5.41, 5.74) is 9.53. The highest BCUT2D eigenvalue weighted by Gasteiger charge is 2.41. The van der Waals surface area contributed by atoms with E-state index in [1.54, 1.807) is 6.20 Å². The first-order chi connectivity index (χ1) is 16.4. The van der Waals surface area contributed by atoms with Gasteiger partial charge in [-0.05, 0) is 92.5 Å². The minimum absolute atomic E-state index is 0.00710. The first kappa shape index (κ1) is 22.3. The normalized spacial score (nSPS) is 17.8. The summed E-state index contributed by atoms with van der Waals surface area (Å²) < 4.78 is 2.37. The summed E-state index contributed by atoms with van der Waals surface area (Å²) in [5, 5.41) is 4.31. The molecule has 5 rings (SSSR count). The highest BCUT2D eigenvalue weighted by molar-refractivity contribution is 7.80. The molecule has 1 aliphatic rings. The van der Waals surface area contributed by atoms with Crippen LogP contribution < -0.4 is 5.32 Å². The Morgan fingerprint density at radius 2 is 1.82 bits per heavy atom. The monoisotopic (exact) mass is 467 g/mol. The molecule has 172 valence electrons. The molecule has 0 radical (unpaired) electrons. The number of benzene rings is 1. The van der Waals surface area contributed by atoms with Crippen molar-refractivity contribution in [1.82, 2.24) is 24.8 Å². The molecule has 1 saturated heterocycles. The van der Waals surface area contributed by atoms with Gasteiger partial charge in [-0.15, -0.1) is 0 Å². The Balaban J connectivity index is 1.64. The average Bonchev–Trinajstić information content (AvgIpc) is 3.31. The molecule has 1 N–H and O–H groups in total. The molecule has 0 unspecified atom stereocenters. The van der Waals surface area contributed by atoms with Crippen molar-refractivity contribution in [2.75, 3.05) is 0 Å². The molecule has 0 bridgehead atoms. The Hall–Kier alpha value is -3.51. The van der Waals surface area contributed by atoms with Crippen LogP contribution in [0.15, 0.2) is 73.2 Å². The van der Waals surface area contributed by atoms with Crippen LogP contribution in [0.5, 0.6) is 0 Å². The molecule has 0 spiro atoms. The van der Waals surface area contributed by atoms with E-state index in [0.717, 1.165) is 16.4 Å². The zero-order valence-electron chi connectivity index (χ0n) is 20.0. The van der Waals surface area contributed by atoms with Gasteiger partial charge in [-0.3, -0.25) is 9.97 Å². The van der Waals surface area contributed by atoms with E-state index in [0.29, 0.717) is 6.54 Å². The van der Waals surface area contributed by atoms with Crippen LogP contribution in [-0.4, -0.2) is 24.5 Å². The number of hydrogen-bond acceptors (Lipinski definition) is 3. The van der Waals surface area contributed by atoms with E-state index >= 15 is 0 Å². The third-order valence-electron chi connectivity index (χ3n) is 6.67. The van der Waals surface area contributed by atoms with E-state index in [1.807, 2.05) is 30.6 Å². The van der Waals surface area contributed by atoms with Crippen LogP contribution in [0.3, 0.4) is 0 Å². The summed E-state index contributed by atoms with van der Waals surface area (Å²) in [6.07, 6.45) is 5.56. The van der Waals surface area contributed by atoms with Crippen LogP contribution in [0.1, 0.15) is 51.4 Å². The Morgan fingerprint density at radius 3 is 2.56 bits per heavy atom. The molecule has 5 nitrogen and oxygen atoms in total. The van der Waals surface area contributed by atoms with E-state index in [-0.39, 0.29) is 12.1 Å². The smallest absolute Gasteiger partial charge is 0.170 e. The second-order valence-corrected chi connectivity index (χ2v) is 9.45. The number of thiocarbonyl (C=S) groups is 1. The lowest BCUT2D eigenvalue weighted by atomic mass is 9.96. The minimum Gasteiger partial charge on any atom is -0.352 e. The summed E-state index contributed by atoms with van der Waals surface area (Å²) in [7, 11) is 0. The standard InChI is InChI=1S/C28H29N5S/c1-18-10-11-19(2)25(14-18)33-20(3)15-23(21(33)4)27-26(24-9-5-6-13-30-24)31-28(34)32(27)17-22-8-7-12-29-16-22/h5-16,26-27H,17H2,1-4H3,(H,31,34)/t26-,27+/m0/s1. The van der Waals surface area contributed by atoms with Crippen LogP contribution >= 0.6 is 12.2 Å². The van der Waals surface area contributed by atoms with Crippen molar-refractivity contribution in [2.45, 2.75) is 46.3 Å². The molecule has 0 aliphatic carbocycles. The molecule has 34 heavy (non-hydrogen) atoms. The number of hydrogen-bond donors (Lipinski definition) is 1. The van der Waals surface area contributed by atoms with Gasteiger partial charge in [0.2, 0.25) is 0 Å². The summed E-state index contributed by atoms with van der Waals surface area (Å²) in [5.74, 6) is 0. The number of nitrogens with one attached hydrogen (secondary N) is 1. The van der Waals surface area contributed by atoms with Gasteiger partial charge in [0.05, 0.1) is 17.8 Å². The molecule has 3 aromatic heterocycles. The highest BCUT2D eigenvalue weighted by Crippen LogP contribution is 2.42. The molecule has 1 fully saturated rings. The molecule has 1 aliphatic heterocycles. The van der Waals surface area contributed by atoms with Crippen LogP contribution in [0.25, 0.3) is 5.69 Å². The molecule has 0 saturated carbocycles. The second-order valence-electron chi connectivity index (χ2n) is 9.07. The maximum absolute atomic E-state index is 5.87. The third kappa shape index (κ3) is 3.99. The summed E-state index contributed by atoms with van der Waals surface area (Å²) in [6.45, 7) is 9.39. The van der Waals surface area contributed by atoms with Gasteiger partial charge in [0, 0.05) is 42.2 Å². The van der Waals surface area contributed by atoms with Crippen molar-refractivity contribution >= 4 is 17.3 Å². The second kappa shape index (κ2) is 9.03. The fraction of sp³-hybridized carbons (Fsp3) is 0.250. The largest absolute Gasteiger partial charge is 0.352 e. The van der Waals surface area contributed by atoms with Crippen molar-refractivity contribution < 1.29 is 0 Å². The topological polar surface area (TPSA) is 46.0 Å². The lowest BCUT2D eigenvalue weighted by Gasteiger charge is -2.28. The van der Waals surface area contributed by atoms with E-state index in [1.165, 1.54) is 33.8 Å². The number of aryl methyl sites for hydroxylation is 3. The summed E-state index contributed by atoms with van der Waals surface area (Å²) in [4.78, 5) is 11.3. The number of rotatable bonds is 5. The van der Waals surface area contributed by atoms with E-state index in [2.05, 4.69) is 88.8 Å². The van der Waals surface area contributed by atoms with Crippen molar-refractivity contribution in [3.05, 3.63) is 113 Å². The SMILES string of the molecule is Cc1ccc(C)c(-n2c(C)cc([C@@H]3[C@H](c4ccccn4)NC(=S)N3Cc3cccnc3)c2C)c1. The van der Waals surface area contributed by atoms with Gasteiger partial charge in [-0.1, -0.05) is 24.3 Å².